The second-order valence-electron chi connectivity index (χ2n) is 5.40. The molecule has 0 saturated carbocycles. The zero-order valence-corrected chi connectivity index (χ0v) is 12.4. The summed E-state index contributed by atoms with van der Waals surface area (Å²) in [4.78, 5) is 40.3. The Hall–Kier alpha value is -3.09. The van der Waals surface area contributed by atoms with Crippen LogP contribution in [-0.4, -0.2) is 34.2 Å². The van der Waals surface area contributed by atoms with E-state index < -0.39 is 17.2 Å². The molecular formula is C16H15N3O4. The van der Waals surface area contributed by atoms with E-state index in [2.05, 4.69) is 4.98 Å². The summed E-state index contributed by atoms with van der Waals surface area (Å²) in [7, 11) is 1.63. The molecule has 2 heterocycles. The molecule has 0 unspecified atom stereocenters. The number of nitrogens with one attached hydrogen (secondary N) is 1. The second kappa shape index (κ2) is 5.60. The normalized spacial score (nSPS) is 13.4. The van der Waals surface area contributed by atoms with E-state index in [4.69, 9.17) is 5.11 Å². The maximum Gasteiger partial charge on any atom is 0.333 e. The zero-order chi connectivity index (χ0) is 16.6. The third-order valence-corrected chi connectivity index (χ3v) is 3.77. The molecule has 0 spiro atoms. The fourth-order valence-electron chi connectivity index (χ4n) is 2.60. The first-order chi connectivity index (χ1) is 11.0. The Bertz CT molecular complexity index is 909. The standard InChI is InChI=1S/C16H15N3O4/c1-18-9-11(15(21)22)7-12-13(18)17-16(23)19(14(12)20)8-10-5-3-2-4-6-10/h2-7H,8-9H2,1H3,(H,17,23)(H,21,22). The van der Waals surface area contributed by atoms with Crippen molar-refractivity contribution in [1.82, 2.24) is 9.55 Å². The highest BCUT2D eigenvalue weighted by Gasteiger charge is 2.23. The minimum Gasteiger partial charge on any atom is -0.478 e. The van der Waals surface area contributed by atoms with Gasteiger partial charge in [0.15, 0.2) is 0 Å². The number of aromatic nitrogens is 2. The molecule has 0 radical (unpaired) electrons. The van der Waals surface area contributed by atoms with Crippen molar-refractivity contribution in [3.05, 3.63) is 67.9 Å². The van der Waals surface area contributed by atoms with Crippen LogP contribution >= 0.6 is 0 Å². The van der Waals surface area contributed by atoms with Crippen molar-refractivity contribution < 1.29 is 9.90 Å². The van der Waals surface area contributed by atoms with Gasteiger partial charge in [-0.2, -0.15) is 0 Å². The lowest BCUT2D eigenvalue weighted by Gasteiger charge is -2.25. The van der Waals surface area contributed by atoms with E-state index in [0.717, 1.165) is 10.1 Å². The summed E-state index contributed by atoms with van der Waals surface area (Å²) in [5.41, 5.74) is 0.0864. The van der Waals surface area contributed by atoms with Gasteiger partial charge in [-0.1, -0.05) is 30.3 Å². The van der Waals surface area contributed by atoms with Gasteiger partial charge in [0, 0.05) is 7.05 Å². The predicted molar refractivity (Wildman–Crippen MR) is 85.7 cm³/mol. The summed E-state index contributed by atoms with van der Waals surface area (Å²) in [6, 6.07) is 9.12. The van der Waals surface area contributed by atoms with Crippen LogP contribution in [0.4, 0.5) is 5.82 Å². The van der Waals surface area contributed by atoms with Gasteiger partial charge in [0.2, 0.25) is 0 Å². The Labute approximate surface area is 131 Å². The van der Waals surface area contributed by atoms with E-state index in [1.165, 1.54) is 6.08 Å². The number of carbonyl (C=O) groups is 1. The Morgan fingerprint density at radius 1 is 1.26 bits per heavy atom. The molecule has 0 saturated heterocycles. The molecular weight excluding hydrogens is 298 g/mol. The monoisotopic (exact) mass is 313 g/mol. The van der Waals surface area contributed by atoms with Crippen LogP contribution in [-0.2, 0) is 11.3 Å². The molecule has 0 atom stereocenters. The van der Waals surface area contributed by atoms with Crippen LogP contribution in [0.3, 0.4) is 0 Å². The number of hydrogen-bond donors (Lipinski definition) is 2. The highest BCUT2D eigenvalue weighted by Crippen LogP contribution is 2.21. The third kappa shape index (κ3) is 2.68. The van der Waals surface area contributed by atoms with Crippen LogP contribution in [0.5, 0.6) is 0 Å². The van der Waals surface area contributed by atoms with Crippen molar-refractivity contribution in [2.45, 2.75) is 6.54 Å². The van der Waals surface area contributed by atoms with Crippen LogP contribution in [0.15, 0.2) is 45.5 Å². The lowest BCUT2D eigenvalue weighted by atomic mass is 10.1. The molecule has 23 heavy (non-hydrogen) atoms. The summed E-state index contributed by atoms with van der Waals surface area (Å²) >= 11 is 0. The predicted octanol–water partition coefficient (Wildman–Crippen LogP) is 0.503. The largest absolute Gasteiger partial charge is 0.478 e. The molecule has 0 aliphatic carbocycles. The molecule has 118 valence electrons. The average molecular weight is 313 g/mol. The van der Waals surface area contributed by atoms with Crippen molar-refractivity contribution >= 4 is 17.9 Å². The molecule has 1 aromatic heterocycles. The lowest BCUT2D eigenvalue weighted by molar-refractivity contribution is -0.132. The Morgan fingerprint density at radius 3 is 2.61 bits per heavy atom. The molecule has 2 aromatic rings. The van der Waals surface area contributed by atoms with Crippen LogP contribution in [0, 0.1) is 0 Å². The number of fused-ring (bicyclic) bond motifs is 1. The van der Waals surface area contributed by atoms with Crippen LogP contribution in [0.2, 0.25) is 0 Å². The maximum absolute atomic E-state index is 12.6. The molecule has 0 bridgehead atoms. The third-order valence-electron chi connectivity index (χ3n) is 3.77. The minimum absolute atomic E-state index is 0.107. The van der Waals surface area contributed by atoms with Gasteiger partial charge in [-0.25, -0.2) is 9.59 Å². The van der Waals surface area contributed by atoms with E-state index in [1.807, 2.05) is 30.3 Å². The Morgan fingerprint density at radius 2 is 1.96 bits per heavy atom. The number of aromatic amines is 1. The summed E-state index contributed by atoms with van der Waals surface area (Å²) in [6.07, 6.45) is 1.33. The number of carboxylic acid groups (broad SMARTS) is 1. The molecule has 7 nitrogen and oxygen atoms in total. The number of likely N-dealkylation sites (N-methyl/N-ethyl adjacent to an activating group) is 1. The van der Waals surface area contributed by atoms with Gasteiger partial charge in [-0.05, 0) is 11.6 Å². The minimum atomic E-state index is -1.08. The Kier molecular flexibility index (Phi) is 3.61. The van der Waals surface area contributed by atoms with E-state index in [0.29, 0.717) is 5.82 Å². The summed E-state index contributed by atoms with van der Waals surface area (Å²) in [5, 5.41) is 9.16. The average Bonchev–Trinajstić information content (AvgIpc) is 2.53. The molecule has 0 amide bonds. The summed E-state index contributed by atoms with van der Waals surface area (Å²) < 4.78 is 1.07. The van der Waals surface area contributed by atoms with Crippen molar-refractivity contribution in [1.29, 1.82) is 0 Å². The van der Waals surface area contributed by atoms with E-state index >= 15 is 0 Å². The molecule has 2 N–H and O–H groups in total. The second-order valence-corrected chi connectivity index (χ2v) is 5.40. The van der Waals surface area contributed by atoms with Gasteiger partial charge in [-0.15, -0.1) is 0 Å². The molecule has 3 rings (SSSR count). The SMILES string of the molecule is CN1CC(C(=O)O)=Cc2c1[nH]c(=O)n(Cc1ccccc1)c2=O. The fraction of sp³-hybridized carbons (Fsp3) is 0.188. The van der Waals surface area contributed by atoms with Crippen LogP contribution in [0.25, 0.3) is 6.08 Å². The van der Waals surface area contributed by atoms with Gasteiger partial charge in [0.25, 0.3) is 5.56 Å². The number of H-pyrrole nitrogens is 1. The van der Waals surface area contributed by atoms with Crippen molar-refractivity contribution in [3.63, 3.8) is 0 Å². The molecule has 1 aliphatic heterocycles. The highest BCUT2D eigenvalue weighted by atomic mass is 16.4. The number of aliphatic carboxylic acids is 1. The number of nitrogens with zero attached hydrogens (tertiary/aromatic N) is 2. The van der Waals surface area contributed by atoms with Crippen LogP contribution in [0.1, 0.15) is 11.1 Å². The van der Waals surface area contributed by atoms with Crippen molar-refractivity contribution in [3.8, 4) is 0 Å². The van der Waals surface area contributed by atoms with E-state index in [9.17, 15) is 14.4 Å². The first kappa shape index (κ1) is 14.8. The van der Waals surface area contributed by atoms with E-state index in [-0.39, 0.29) is 24.2 Å². The topological polar surface area (TPSA) is 95.4 Å². The van der Waals surface area contributed by atoms with Gasteiger partial charge < -0.3 is 10.0 Å². The van der Waals surface area contributed by atoms with Gasteiger partial charge >= 0.3 is 11.7 Å². The first-order valence-corrected chi connectivity index (χ1v) is 7.03. The first-order valence-electron chi connectivity index (χ1n) is 7.03. The summed E-state index contributed by atoms with van der Waals surface area (Å²) in [6.45, 7) is 0.253. The number of hydrogen-bond acceptors (Lipinski definition) is 4. The maximum atomic E-state index is 12.6. The van der Waals surface area contributed by atoms with Gasteiger partial charge in [0.1, 0.15) is 5.82 Å². The molecule has 7 heteroatoms. The number of benzene rings is 1. The van der Waals surface area contributed by atoms with Crippen molar-refractivity contribution in [2.24, 2.45) is 0 Å². The Balaban J connectivity index is 2.15. The molecule has 0 fully saturated rings. The lowest BCUT2D eigenvalue weighted by Crippen LogP contribution is -2.41. The highest BCUT2D eigenvalue weighted by molar-refractivity contribution is 5.95. The van der Waals surface area contributed by atoms with Crippen LogP contribution < -0.4 is 16.1 Å². The molecule has 1 aliphatic rings. The smallest absolute Gasteiger partial charge is 0.333 e. The number of rotatable bonds is 3. The number of carboxylic acids is 1. The van der Waals surface area contributed by atoms with Crippen molar-refractivity contribution in [2.75, 3.05) is 18.5 Å². The quantitative estimate of drug-likeness (QED) is 0.860. The van der Waals surface area contributed by atoms with Gasteiger partial charge in [-0.3, -0.25) is 14.3 Å². The van der Waals surface area contributed by atoms with Gasteiger partial charge in [0.05, 0.1) is 24.2 Å². The number of anilines is 1. The fourth-order valence-corrected chi connectivity index (χ4v) is 2.60. The molecule has 1 aromatic carbocycles. The zero-order valence-electron chi connectivity index (χ0n) is 12.4. The summed E-state index contributed by atoms with van der Waals surface area (Å²) in [5.74, 6) is -0.739. The van der Waals surface area contributed by atoms with E-state index in [1.54, 1.807) is 11.9 Å².